The number of hydrogen-bond donors (Lipinski definition) is 1. The molecule has 1 aromatic heterocycles. The molecule has 9 nitrogen and oxygen atoms in total. The standard InChI is InChI=1S/C21H24N4O5S2/c1-4-10-24(11-5-2)32(29,30)16-8-9-17-19(13-16)31-21(22-17)23-20(26)15-7-6-14(3)18(12-15)25(27)28/h6-9,12-13H,4-5,10-11H2,1-3H3,(H,22,23,26). The van der Waals surface area contributed by atoms with E-state index in [1.807, 2.05) is 13.8 Å². The van der Waals surface area contributed by atoms with Crippen molar-refractivity contribution >= 4 is 48.3 Å². The largest absolute Gasteiger partial charge is 0.298 e. The van der Waals surface area contributed by atoms with Crippen molar-refractivity contribution in [3.63, 3.8) is 0 Å². The van der Waals surface area contributed by atoms with Gasteiger partial charge in [0.05, 0.1) is 20.0 Å². The van der Waals surface area contributed by atoms with Gasteiger partial charge in [-0.1, -0.05) is 31.3 Å². The number of sulfonamides is 1. The van der Waals surface area contributed by atoms with Crippen LogP contribution in [0.15, 0.2) is 41.3 Å². The van der Waals surface area contributed by atoms with Crippen LogP contribution < -0.4 is 5.32 Å². The number of nitrogens with zero attached hydrogens (tertiary/aromatic N) is 3. The summed E-state index contributed by atoms with van der Waals surface area (Å²) in [6.07, 6.45) is 1.44. The van der Waals surface area contributed by atoms with Crippen molar-refractivity contribution in [3.8, 4) is 0 Å². The molecular formula is C21H24N4O5S2. The molecule has 0 saturated carbocycles. The lowest BCUT2D eigenvalue weighted by Crippen LogP contribution is -2.32. The van der Waals surface area contributed by atoms with Crippen molar-refractivity contribution in [1.82, 2.24) is 9.29 Å². The molecule has 170 valence electrons. The van der Waals surface area contributed by atoms with Crippen molar-refractivity contribution in [2.75, 3.05) is 18.4 Å². The Bertz CT molecular complexity index is 1260. The van der Waals surface area contributed by atoms with Crippen LogP contribution >= 0.6 is 11.3 Å². The maximum Gasteiger partial charge on any atom is 0.273 e. The predicted molar refractivity (Wildman–Crippen MR) is 125 cm³/mol. The van der Waals surface area contributed by atoms with Crippen LogP contribution in [0.2, 0.25) is 0 Å². The SMILES string of the molecule is CCCN(CCC)S(=O)(=O)c1ccc2nc(NC(=O)c3ccc(C)c([N+](=O)[O-])c3)sc2c1. The zero-order valence-electron chi connectivity index (χ0n) is 18.0. The molecule has 0 spiro atoms. The Balaban J connectivity index is 1.87. The van der Waals surface area contributed by atoms with Gasteiger partial charge in [0.15, 0.2) is 5.13 Å². The van der Waals surface area contributed by atoms with Crippen LogP contribution in [0, 0.1) is 17.0 Å². The summed E-state index contributed by atoms with van der Waals surface area (Å²) in [5.41, 5.74) is 1.01. The number of carbonyl (C=O) groups is 1. The molecular weight excluding hydrogens is 452 g/mol. The van der Waals surface area contributed by atoms with E-state index < -0.39 is 20.9 Å². The summed E-state index contributed by atoms with van der Waals surface area (Å²) >= 11 is 1.14. The van der Waals surface area contributed by atoms with Crippen molar-refractivity contribution in [1.29, 1.82) is 0 Å². The Hall–Kier alpha value is -2.89. The molecule has 0 aliphatic carbocycles. The monoisotopic (exact) mass is 476 g/mol. The number of nitro benzene ring substituents is 1. The number of aryl methyl sites for hydroxylation is 1. The first-order valence-electron chi connectivity index (χ1n) is 10.1. The van der Waals surface area contributed by atoms with Gasteiger partial charge in [0.1, 0.15) is 0 Å². The maximum absolute atomic E-state index is 13.0. The number of nitrogens with one attached hydrogen (secondary N) is 1. The average Bonchev–Trinajstić information content (AvgIpc) is 3.15. The van der Waals surface area contributed by atoms with E-state index >= 15 is 0 Å². The van der Waals surface area contributed by atoms with Crippen LogP contribution in [-0.2, 0) is 10.0 Å². The molecule has 0 saturated heterocycles. The molecule has 3 rings (SSSR count). The number of carbonyl (C=O) groups excluding carboxylic acids is 1. The highest BCUT2D eigenvalue weighted by Crippen LogP contribution is 2.30. The Morgan fingerprint density at radius 3 is 2.47 bits per heavy atom. The van der Waals surface area contributed by atoms with Gasteiger partial charge in [-0.3, -0.25) is 20.2 Å². The molecule has 1 amide bonds. The topological polar surface area (TPSA) is 123 Å². The normalized spacial score (nSPS) is 11.8. The summed E-state index contributed by atoms with van der Waals surface area (Å²) in [6, 6.07) is 8.93. The molecule has 0 bridgehead atoms. The molecule has 0 unspecified atom stereocenters. The van der Waals surface area contributed by atoms with E-state index in [9.17, 15) is 23.3 Å². The molecule has 11 heteroatoms. The highest BCUT2D eigenvalue weighted by Gasteiger charge is 2.24. The number of rotatable bonds is 9. The van der Waals surface area contributed by atoms with Gasteiger partial charge >= 0.3 is 0 Å². The van der Waals surface area contributed by atoms with Crippen LogP contribution in [0.4, 0.5) is 10.8 Å². The molecule has 0 aliphatic heterocycles. The minimum absolute atomic E-state index is 0.138. The number of benzene rings is 2. The first-order chi connectivity index (χ1) is 15.2. The second-order valence-electron chi connectivity index (χ2n) is 7.27. The van der Waals surface area contributed by atoms with Gasteiger partial charge < -0.3 is 0 Å². The summed E-state index contributed by atoms with van der Waals surface area (Å²) in [6.45, 7) is 6.35. The summed E-state index contributed by atoms with van der Waals surface area (Å²) < 4.78 is 28.1. The lowest BCUT2D eigenvalue weighted by Gasteiger charge is -2.20. The summed E-state index contributed by atoms with van der Waals surface area (Å²) in [5, 5.41) is 14.0. The van der Waals surface area contributed by atoms with Crippen molar-refractivity contribution in [3.05, 3.63) is 57.6 Å². The van der Waals surface area contributed by atoms with E-state index in [-0.39, 0.29) is 21.3 Å². The zero-order valence-corrected chi connectivity index (χ0v) is 19.6. The summed E-state index contributed by atoms with van der Waals surface area (Å²) in [4.78, 5) is 27.7. The van der Waals surface area contributed by atoms with E-state index in [4.69, 9.17) is 0 Å². The fourth-order valence-corrected chi connectivity index (χ4v) is 5.86. The number of thiazole rings is 1. The van der Waals surface area contributed by atoms with Gasteiger partial charge in [0.25, 0.3) is 11.6 Å². The lowest BCUT2D eigenvalue weighted by molar-refractivity contribution is -0.385. The minimum Gasteiger partial charge on any atom is -0.298 e. The molecule has 32 heavy (non-hydrogen) atoms. The van der Waals surface area contributed by atoms with Crippen LogP contribution in [0.5, 0.6) is 0 Å². The van der Waals surface area contributed by atoms with Gasteiger partial charge in [-0.15, -0.1) is 0 Å². The van der Waals surface area contributed by atoms with Gasteiger partial charge in [-0.25, -0.2) is 13.4 Å². The molecule has 2 aromatic carbocycles. The zero-order chi connectivity index (χ0) is 23.5. The van der Waals surface area contributed by atoms with E-state index in [1.54, 1.807) is 19.1 Å². The first-order valence-corrected chi connectivity index (χ1v) is 12.4. The smallest absolute Gasteiger partial charge is 0.273 e. The van der Waals surface area contributed by atoms with E-state index in [1.165, 1.54) is 28.6 Å². The highest BCUT2D eigenvalue weighted by molar-refractivity contribution is 7.89. The van der Waals surface area contributed by atoms with Crippen LogP contribution in [0.25, 0.3) is 10.2 Å². The molecule has 0 radical (unpaired) electrons. The Kier molecular flexibility index (Phi) is 7.22. The van der Waals surface area contributed by atoms with Crippen molar-refractivity contribution < 1.29 is 18.1 Å². The number of hydrogen-bond acceptors (Lipinski definition) is 7. The van der Waals surface area contributed by atoms with Crippen molar-refractivity contribution in [2.24, 2.45) is 0 Å². The summed E-state index contributed by atoms with van der Waals surface area (Å²) in [5.74, 6) is -0.530. The van der Waals surface area contributed by atoms with Gasteiger partial charge in [-0.05, 0) is 44.0 Å². The number of aromatic nitrogens is 1. The number of nitro groups is 1. The molecule has 1 N–H and O–H groups in total. The molecule has 0 atom stereocenters. The Labute approximate surface area is 190 Å². The third kappa shape index (κ3) is 4.95. The number of fused-ring (bicyclic) bond motifs is 1. The maximum atomic E-state index is 13.0. The fourth-order valence-electron chi connectivity index (χ4n) is 3.24. The van der Waals surface area contributed by atoms with Gasteiger partial charge in [0.2, 0.25) is 10.0 Å². The molecule has 0 aliphatic rings. The predicted octanol–water partition coefficient (Wildman–Crippen LogP) is 4.58. The Morgan fingerprint density at radius 1 is 1.16 bits per heavy atom. The Morgan fingerprint density at radius 2 is 1.84 bits per heavy atom. The van der Waals surface area contributed by atoms with E-state index in [0.29, 0.717) is 28.9 Å². The van der Waals surface area contributed by atoms with E-state index in [2.05, 4.69) is 10.3 Å². The number of anilines is 1. The second kappa shape index (κ2) is 9.72. The third-order valence-corrected chi connectivity index (χ3v) is 7.66. The minimum atomic E-state index is -3.63. The fraction of sp³-hybridized carbons (Fsp3) is 0.333. The van der Waals surface area contributed by atoms with E-state index in [0.717, 1.165) is 24.2 Å². The summed E-state index contributed by atoms with van der Waals surface area (Å²) in [7, 11) is -3.63. The first kappa shape index (κ1) is 23.8. The van der Waals surface area contributed by atoms with Crippen molar-refractivity contribution in [2.45, 2.75) is 38.5 Å². The third-order valence-electron chi connectivity index (χ3n) is 4.83. The number of amides is 1. The molecule has 0 fully saturated rings. The highest BCUT2D eigenvalue weighted by atomic mass is 32.2. The van der Waals surface area contributed by atoms with Gasteiger partial charge in [-0.2, -0.15) is 4.31 Å². The van der Waals surface area contributed by atoms with Crippen LogP contribution in [0.3, 0.4) is 0 Å². The van der Waals surface area contributed by atoms with Crippen LogP contribution in [0.1, 0.15) is 42.6 Å². The average molecular weight is 477 g/mol. The van der Waals surface area contributed by atoms with Crippen LogP contribution in [-0.4, -0.2) is 41.6 Å². The second-order valence-corrected chi connectivity index (χ2v) is 10.2. The quantitative estimate of drug-likeness (QED) is 0.356. The molecule has 1 heterocycles. The van der Waals surface area contributed by atoms with Gasteiger partial charge in [0, 0.05) is 30.3 Å². The molecule has 3 aromatic rings. The lowest BCUT2D eigenvalue weighted by atomic mass is 10.1.